The summed E-state index contributed by atoms with van der Waals surface area (Å²) >= 11 is 0. The second-order valence-corrected chi connectivity index (χ2v) is 12.2. The molecule has 2 aliphatic heterocycles. The Morgan fingerprint density at radius 3 is 1.18 bits per heavy atom. The highest BCUT2D eigenvalue weighted by Crippen LogP contribution is 2.41. The average molecular weight is 709 g/mol. The van der Waals surface area contributed by atoms with Gasteiger partial charge in [0.15, 0.2) is 0 Å². The lowest BCUT2D eigenvalue weighted by Gasteiger charge is -2.36. The predicted octanol–water partition coefficient (Wildman–Crippen LogP) is 5.68. The fourth-order valence-corrected chi connectivity index (χ4v) is 5.80. The first kappa shape index (κ1) is 36.2. The number of nitrogens with zero attached hydrogens (tertiary/aromatic N) is 4. The molecule has 2 saturated heterocycles. The maximum absolute atomic E-state index is 13.6. The van der Waals surface area contributed by atoms with Gasteiger partial charge in [-0.05, 0) is 62.6 Å². The number of hydrogen-bond donors (Lipinski definition) is 6. The molecule has 8 N–H and O–H groups in total. The molecule has 3 aromatic carbocycles. The number of nitrogens with one attached hydrogen (secondary N) is 4. The zero-order valence-corrected chi connectivity index (χ0v) is 27.3. The maximum Gasteiger partial charge on any atom is 0.416 e. The Morgan fingerprint density at radius 2 is 0.880 bits per heavy atom. The number of benzene rings is 3. The molecule has 0 aromatic heterocycles. The van der Waals surface area contributed by atoms with E-state index in [1.807, 2.05) is 23.9 Å². The van der Waals surface area contributed by atoms with Crippen LogP contribution in [0.5, 0.6) is 0 Å². The number of halogens is 6. The van der Waals surface area contributed by atoms with Gasteiger partial charge >= 0.3 is 24.4 Å². The molecule has 0 aliphatic carbocycles. The van der Waals surface area contributed by atoms with Gasteiger partial charge in [0.2, 0.25) is 0 Å². The van der Waals surface area contributed by atoms with E-state index in [1.54, 1.807) is 0 Å². The molecule has 0 spiro atoms. The number of nitrogen functional groups attached to an aromatic ring is 2. The molecule has 50 heavy (non-hydrogen) atoms. The fraction of sp³-hybridized carbons (Fsp3) is 0.375. The monoisotopic (exact) mass is 708 g/mol. The molecule has 4 amide bonds. The van der Waals surface area contributed by atoms with Crippen LogP contribution in [-0.2, 0) is 12.4 Å². The van der Waals surface area contributed by atoms with Crippen LogP contribution in [-0.4, -0.2) is 88.3 Å². The molecule has 12 nitrogen and oxygen atoms in total. The highest BCUT2D eigenvalue weighted by Gasteiger charge is 2.35. The summed E-state index contributed by atoms with van der Waals surface area (Å²) in [5.41, 5.74) is 10.7. The Kier molecular flexibility index (Phi) is 10.4. The second kappa shape index (κ2) is 14.4. The lowest BCUT2D eigenvalue weighted by atomic mass is 10.1. The molecule has 3 aromatic rings. The summed E-state index contributed by atoms with van der Waals surface area (Å²) in [4.78, 5) is 33.7. The van der Waals surface area contributed by atoms with Crippen molar-refractivity contribution in [1.82, 2.24) is 9.80 Å². The van der Waals surface area contributed by atoms with Crippen LogP contribution < -0.4 is 42.5 Å². The molecular weight excluding hydrogens is 670 g/mol. The smallest absolute Gasteiger partial charge is 0.397 e. The van der Waals surface area contributed by atoms with Gasteiger partial charge in [0, 0.05) is 63.7 Å². The largest absolute Gasteiger partial charge is 0.416 e. The van der Waals surface area contributed by atoms with Crippen molar-refractivity contribution in [3.8, 4) is 0 Å². The predicted molar refractivity (Wildman–Crippen MR) is 183 cm³/mol. The normalized spacial score (nSPS) is 16.2. The molecule has 0 radical (unpaired) electrons. The first-order chi connectivity index (χ1) is 23.5. The summed E-state index contributed by atoms with van der Waals surface area (Å²) in [5.74, 6) is 0. The minimum absolute atomic E-state index is 0.111. The molecule has 0 bridgehead atoms. The van der Waals surface area contributed by atoms with Crippen LogP contribution in [0.15, 0.2) is 48.5 Å². The van der Waals surface area contributed by atoms with E-state index in [-0.39, 0.29) is 45.5 Å². The maximum atomic E-state index is 13.6. The van der Waals surface area contributed by atoms with E-state index in [0.717, 1.165) is 24.3 Å². The summed E-state index contributed by atoms with van der Waals surface area (Å²) in [5, 5.41) is 10.1. The number of hydrogen-bond acceptors (Lipinski definition) is 8. The highest BCUT2D eigenvalue weighted by molar-refractivity contribution is 6.05. The fourth-order valence-electron chi connectivity index (χ4n) is 5.80. The van der Waals surface area contributed by atoms with Crippen molar-refractivity contribution in [1.29, 1.82) is 0 Å². The van der Waals surface area contributed by atoms with Gasteiger partial charge in [0.05, 0.1) is 45.3 Å². The van der Waals surface area contributed by atoms with Gasteiger partial charge in [0.1, 0.15) is 0 Å². The van der Waals surface area contributed by atoms with Gasteiger partial charge in [-0.2, -0.15) is 26.3 Å². The van der Waals surface area contributed by atoms with E-state index in [0.29, 0.717) is 52.4 Å². The highest BCUT2D eigenvalue weighted by atomic mass is 19.4. The van der Waals surface area contributed by atoms with E-state index >= 15 is 0 Å². The van der Waals surface area contributed by atoms with Crippen LogP contribution in [0.1, 0.15) is 11.1 Å². The number of likely N-dealkylation sites (N-methyl/N-ethyl adjacent to an activating group) is 2. The number of alkyl halides is 6. The third kappa shape index (κ3) is 8.73. The lowest BCUT2D eigenvalue weighted by Crippen LogP contribution is -2.45. The van der Waals surface area contributed by atoms with Crippen molar-refractivity contribution in [3.63, 3.8) is 0 Å². The molecule has 2 aliphatic rings. The molecule has 2 fully saturated rings. The molecule has 0 saturated carbocycles. The summed E-state index contributed by atoms with van der Waals surface area (Å²) in [6.07, 6.45) is -9.40. The van der Waals surface area contributed by atoms with Gasteiger partial charge in [-0.1, -0.05) is 0 Å². The summed E-state index contributed by atoms with van der Waals surface area (Å²) in [6.45, 7) is 4.55. The van der Waals surface area contributed by atoms with Crippen molar-refractivity contribution in [3.05, 3.63) is 59.7 Å². The Bertz CT molecular complexity index is 1580. The Morgan fingerprint density at radius 1 is 0.560 bits per heavy atom. The molecule has 18 heteroatoms. The summed E-state index contributed by atoms with van der Waals surface area (Å²) in [7, 11) is 3.84. The van der Waals surface area contributed by atoms with Crippen LogP contribution in [0.25, 0.3) is 0 Å². The van der Waals surface area contributed by atoms with Crippen LogP contribution in [0.2, 0.25) is 0 Å². The average Bonchev–Trinajstić information content (AvgIpc) is 3.02. The minimum atomic E-state index is -4.70. The van der Waals surface area contributed by atoms with E-state index in [9.17, 15) is 35.9 Å². The number of amides is 4. The Balaban J connectivity index is 1.27. The first-order valence-corrected chi connectivity index (χ1v) is 15.6. The Labute approximate surface area is 284 Å². The number of urea groups is 2. The molecule has 0 atom stereocenters. The number of rotatable bonds is 6. The van der Waals surface area contributed by atoms with E-state index < -0.39 is 35.5 Å². The van der Waals surface area contributed by atoms with Crippen LogP contribution in [0.3, 0.4) is 0 Å². The first-order valence-electron chi connectivity index (χ1n) is 15.6. The van der Waals surface area contributed by atoms with Gasteiger partial charge < -0.3 is 52.3 Å². The van der Waals surface area contributed by atoms with Gasteiger partial charge in [-0.3, -0.25) is 0 Å². The SMILES string of the molecule is CN1CCN(c2c(N)cc(C(F)(F)F)cc2NC(=O)Nc2ccc(NC(=O)Nc3cc(C(F)(F)F)cc(N)c3N3CCN(C)CC3)cc2)CC1. The third-order valence-corrected chi connectivity index (χ3v) is 8.47. The van der Waals surface area contributed by atoms with Gasteiger partial charge in [0.25, 0.3) is 0 Å². The van der Waals surface area contributed by atoms with E-state index in [4.69, 9.17) is 11.5 Å². The summed E-state index contributed by atoms with van der Waals surface area (Å²) < 4.78 is 81.7. The van der Waals surface area contributed by atoms with Crippen LogP contribution in [0.4, 0.5) is 81.4 Å². The van der Waals surface area contributed by atoms with Crippen molar-refractivity contribution in [2.75, 3.05) is 109 Å². The van der Waals surface area contributed by atoms with Crippen LogP contribution in [0, 0.1) is 0 Å². The second-order valence-electron chi connectivity index (χ2n) is 12.2. The van der Waals surface area contributed by atoms with Crippen molar-refractivity contribution in [2.24, 2.45) is 0 Å². The topological polar surface area (TPSA) is 147 Å². The van der Waals surface area contributed by atoms with Gasteiger partial charge in [-0.15, -0.1) is 0 Å². The van der Waals surface area contributed by atoms with Crippen molar-refractivity contribution in [2.45, 2.75) is 12.4 Å². The third-order valence-electron chi connectivity index (χ3n) is 8.47. The zero-order valence-electron chi connectivity index (χ0n) is 27.3. The quantitative estimate of drug-likeness (QED) is 0.142. The Hall–Kier alpha value is -5.10. The number of nitrogens with two attached hydrogens (primary N) is 2. The molecular formula is C32H38F6N10O2. The molecule has 2 heterocycles. The van der Waals surface area contributed by atoms with E-state index in [2.05, 4.69) is 31.1 Å². The van der Waals surface area contributed by atoms with Crippen LogP contribution >= 0.6 is 0 Å². The standard InChI is InChI=1S/C32H38F6N10O2/c1-45-7-11-47(12-8-45)27-23(39)15-19(31(33,34)35)17-25(27)43-29(49)41-21-3-5-22(6-4-21)42-30(50)44-26-18-20(32(36,37)38)16-24(40)28(26)48-13-9-46(2)10-14-48/h3-6,15-18H,7-14,39-40H2,1-2H3,(H2,41,43,49)(H2,42,44,50). The van der Waals surface area contributed by atoms with Crippen molar-refractivity contribution < 1.29 is 35.9 Å². The molecule has 5 rings (SSSR count). The number of carbonyl (C=O) groups excluding carboxylic acids is 2. The number of anilines is 8. The van der Waals surface area contributed by atoms with E-state index in [1.165, 1.54) is 24.3 Å². The lowest BCUT2D eigenvalue weighted by molar-refractivity contribution is -0.138. The summed E-state index contributed by atoms with van der Waals surface area (Å²) in [6, 6.07) is 7.38. The zero-order chi connectivity index (χ0) is 36.4. The van der Waals surface area contributed by atoms with Crippen molar-refractivity contribution >= 4 is 57.6 Å². The van der Waals surface area contributed by atoms with Gasteiger partial charge in [-0.25, -0.2) is 9.59 Å². The molecule has 270 valence electrons. The number of carbonyl (C=O) groups is 2. The number of piperazine rings is 2. The minimum Gasteiger partial charge on any atom is -0.397 e. The molecule has 0 unspecified atom stereocenters.